The molecule has 3 N–H and O–H groups in total. The molecule has 3 aromatic rings. The minimum atomic E-state index is -3.95. The van der Waals surface area contributed by atoms with Gasteiger partial charge in [0.1, 0.15) is 11.5 Å². The smallest absolute Gasteiger partial charge is 0.255 e. The average Bonchev–Trinajstić information content (AvgIpc) is 2.67. The minimum absolute atomic E-state index is 0.0845. The number of hydrogen-bond acceptors (Lipinski definition) is 4. The largest absolute Gasteiger partial charge is 0.457 e. The Morgan fingerprint density at radius 1 is 0.926 bits per heavy atom. The number of nitrogens with one attached hydrogen (secondary N) is 1. The fourth-order valence-corrected chi connectivity index (χ4v) is 2.98. The van der Waals surface area contributed by atoms with Gasteiger partial charge in [-0.1, -0.05) is 48.5 Å². The molecule has 3 rings (SSSR count). The molecule has 3 aromatic carbocycles. The fourth-order valence-electron chi connectivity index (χ4n) is 2.44. The molecule has 7 heteroatoms. The maximum atomic E-state index is 12.7. The van der Waals surface area contributed by atoms with E-state index >= 15 is 0 Å². The number of carbonyl (C=O) groups excluding carboxylic acids is 1. The van der Waals surface area contributed by atoms with Gasteiger partial charge in [0, 0.05) is 6.54 Å². The Balaban J connectivity index is 1.90. The van der Waals surface area contributed by atoms with Crippen LogP contribution in [-0.4, -0.2) is 14.3 Å². The summed E-state index contributed by atoms with van der Waals surface area (Å²) in [5, 5.41) is 7.96. The summed E-state index contributed by atoms with van der Waals surface area (Å²) in [7, 11) is -3.95. The number of nitrogens with two attached hydrogens (primary N) is 1. The third-order valence-corrected chi connectivity index (χ3v) is 4.70. The van der Waals surface area contributed by atoms with E-state index in [9.17, 15) is 13.2 Å². The first-order valence-electron chi connectivity index (χ1n) is 8.15. The number of rotatable bonds is 6. The number of ether oxygens (including phenoxy) is 1. The van der Waals surface area contributed by atoms with Crippen molar-refractivity contribution in [3.63, 3.8) is 0 Å². The van der Waals surface area contributed by atoms with Crippen molar-refractivity contribution in [2.45, 2.75) is 11.4 Å². The van der Waals surface area contributed by atoms with Crippen molar-refractivity contribution in [2.24, 2.45) is 5.14 Å². The lowest BCUT2D eigenvalue weighted by molar-refractivity contribution is 0.0948. The normalized spacial score (nSPS) is 11.0. The van der Waals surface area contributed by atoms with E-state index in [0.717, 1.165) is 5.56 Å². The standard InChI is InChI=1S/C20H18N2O4S/c21-27(24,25)17-11-12-19(26-16-9-5-2-6-10-16)18(13-17)20(23)22-14-15-7-3-1-4-8-15/h1-13H,14H2,(H,22,23)(H2,21,24,25). The molecule has 0 spiro atoms. The van der Waals surface area contributed by atoms with Gasteiger partial charge in [-0.05, 0) is 35.9 Å². The quantitative estimate of drug-likeness (QED) is 0.684. The molecule has 0 bridgehead atoms. The molecule has 27 heavy (non-hydrogen) atoms. The maximum Gasteiger partial charge on any atom is 0.255 e. The van der Waals surface area contributed by atoms with Gasteiger partial charge in [0.25, 0.3) is 5.91 Å². The van der Waals surface area contributed by atoms with Gasteiger partial charge in [-0.3, -0.25) is 4.79 Å². The van der Waals surface area contributed by atoms with Crippen molar-refractivity contribution >= 4 is 15.9 Å². The molecule has 1 amide bonds. The lowest BCUT2D eigenvalue weighted by Crippen LogP contribution is -2.24. The first kappa shape index (κ1) is 18.6. The van der Waals surface area contributed by atoms with Crippen molar-refractivity contribution in [2.75, 3.05) is 0 Å². The highest BCUT2D eigenvalue weighted by molar-refractivity contribution is 7.89. The molecule has 0 saturated heterocycles. The summed E-state index contributed by atoms with van der Waals surface area (Å²) in [5.74, 6) is 0.299. The first-order valence-corrected chi connectivity index (χ1v) is 9.70. The Hall–Kier alpha value is -3.16. The lowest BCUT2D eigenvalue weighted by atomic mass is 10.1. The van der Waals surface area contributed by atoms with Crippen molar-refractivity contribution in [1.29, 1.82) is 0 Å². The van der Waals surface area contributed by atoms with Crippen LogP contribution in [0.5, 0.6) is 11.5 Å². The van der Waals surface area contributed by atoms with E-state index in [4.69, 9.17) is 9.88 Å². The molecular weight excluding hydrogens is 364 g/mol. The molecule has 0 heterocycles. The first-order chi connectivity index (χ1) is 12.9. The summed E-state index contributed by atoms with van der Waals surface area (Å²) in [6.45, 7) is 0.296. The molecule has 0 aliphatic carbocycles. The van der Waals surface area contributed by atoms with Gasteiger partial charge in [0.05, 0.1) is 10.5 Å². The zero-order chi connectivity index (χ0) is 19.3. The molecule has 0 radical (unpaired) electrons. The van der Waals surface area contributed by atoms with Gasteiger partial charge in [-0.2, -0.15) is 0 Å². The van der Waals surface area contributed by atoms with Crippen LogP contribution in [-0.2, 0) is 16.6 Å². The molecule has 0 atom stereocenters. The van der Waals surface area contributed by atoms with Gasteiger partial charge in [-0.25, -0.2) is 13.6 Å². The monoisotopic (exact) mass is 382 g/mol. The second-order valence-corrected chi connectivity index (χ2v) is 7.35. The molecule has 0 fully saturated rings. The van der Waals surface area contributed by atoms with Crippen LogP contribution in [0.2, 0.25) is 0 Å². The van der Waals surface area contributed by atoms with Crippen LogP contribution in [0.15, 0.2) is 83.8 Å². The van der Waals surface area contributed by atoms with Crippen LogP contribution < -0.4 is 15.2 Å². The Labute approximate surface area is 157 Å². The number of para-hydroxylation sites is 1. The van der Waals surface area contributed by atoms with E-state index in [-0.39, 0.29) is 16.2 Å². The van der Waals surface area contributed by atoms with Crippen LogP contribution in [0, 0.1) is 0 Å². The van der Waals surface area contributed by atoms with Crippen LogP contribution in [0.1, 0.15) is 15.9 Å². The van der Waals surface area contributed by atoms with Gasteiger partial charge in [0.15, 0.2) is 0 Å². The Morgan fingerprint density at radius 2 is 1.56 bits per heavy atom. The van der Waals surface area contributed by atoms with Crippen molar-refractivity contribution in [3.8, 4) is 11.5 Å². The van der Waals surface area contributed by atoms with E-state index in [0.29, 0.717) is 12.3 Å². The fraction of sp³-hybridized carbons (Fsp3) is 0.0500. The van der Waals surface area contributed by atoms with E-state index in [1.165, 1.54) is 18.2 Å². The number of benzene rings is 3. The molecule has 0 aliphatic rings. The second-order valence-electron chi connectivity index (χ2n) is 5.79. The van der Waals surface area contributed by atoms with Crippen molar-refractivity contribution < 1.29 is 17.9 Å². The summed E-state index contributed by atoms with van der Waals surface area (Å²) in [5.41, 5.74) is 1.00. The van der Waals surface area contributed by atoms with Gasteiger partial charge in [-0.15, -0.1) is 0 Å². The molecule has 0 aliphatic heterocycles. The number of amides is 1. The Morgan fingerprint density at radius 3 is 2.19 bits per heavy atom. The van der Waals surface area contributed by atoms with Crippen LogP contribution in [0.25, 0.3) is 0 Å². The van der Waals surface area contributed by atoms with Gasteiger partial charge >= 0.3 is 0 Å². The minimum Gasteiger partial charge on any atom is -0.457 e. The van der Waals surface area contributed by atoms with Gasteiger partial charge < -0.3 is 10.1 Å². The zero-order valence-electron chi connectivity index (χ0n) is 14.3. The molecule has 138 valence electrons. The second kappa shape index (κ2) is 8.03. The lowest BCUT2D eigenvalue weighted by Gasteiger charge is -2.13. The van der Waals surface area contributed by atoms with Gasteiger partial charge in [0.2, 0.25) is 10.0 Å². The average molecular weight is 382 g/mol. The summed E-state index contributed by atoms with van der Waals surface area (Å²) < 4.78 is 29.1. The highest BCUT2D eigenvalue weighted by Gasteiger charge is 2.18. The van der Waals surface area contributed by atoms with E-state index in [1.807, 2.05) is 36.4 Å². The molecule has 0 unspecified atom stereocenters. The highest BCUT2D eigenvalue weighted by atomic mass is 32.2. The molecular formula is C20H18N2O4S. The van der Waals surface area contributed by atoms with Crippen molar-refractivity contribution in [3.05, 3.63) is 90.0 Å². The Kier molecular flexibility index (Phi) is 5.54. The number of carbonyl (C=O) groups is 1. The summed E-state index contributed by atoms with van der Waals surface area (Å²) in [6, 6.07) is 22.2. The summed E-state index contributed by atoms with van der Waals surface area (Å²) in [4.78, 5) is 12.5. The number of hydrogen-bond donors (Lipinski definition) is 2. The van der Waals surface area contributed by atoms with Crippen LogP contribution in [0.4, 0.5) is 0 Å². The molecule has 6 nitrogen and oxygen atoms in total. The van der Waals surface area contributed by atoms with Crippen molar-refractivity contribution in [1.82, 2.24) is 5.32 Å². The predicted molar refractivity (Wildman–Crippen MR) is 102 cm³/mol. The highest BCUT2D eigenvalue weighted by Crippen LogP contribution is 2.27. The third kappa shape index (κ3) is 4.93. The maximum absolute atomic E-state index is 12.7. The molecule has 0 aromatic heterocycles. The number of sulfonamides is 1. The van der Waals surface area contributed by atoms with E-state index in [2.05, 4.69) is 5.32 Å². The Bertz CT molecular complexity index is 1040. The topological polar surface area (TPSA) is 98.5 Å². The van der Waals surface area contributed by atoms with E-state index in [1.54, 1.807) is 24.3 Å². The van der Waals surface area contributed by atoms with E-state index < -0.39 is 15.9 Å². The van der Waals surface area contributed by atoms with Crippen LogP contribution in [0.3, 0.4) is 0 Å². The zero-order valence-corrected chi connectivity index (χ0v) is 15.1. The summed E-state index contributed by atoms with van der Waals surface area (Å²) >= 11 is 0. The third-order valence-electron chi connectivity index (χ3n) is 3.79. The summed E-state index contributed by atoms with van der Waals surface area (Å²) in [6.07, 6.45) is 0. The molecule has 0 saturated carbocycles. The SMILES string of the molecule is NS(=O)(=O)c1ccc(Oc2ccccc2)c(C(=O)NCc2ccccc2)c1. The van der Waals surface area contributed by atoms with Crippen LogP contribution >= 0.6 is 0 Å². The predicted octanol–water partition coefficient (Wildman–Crippen LogP) is 3.06. The number of primary sulfonamides is 1.